The van der Waals surface area contributed by atoms with Gasteiger partial charge in [0.05, 0.1) is 12.1 Å². The molecule has 166 valence electrons. The van der Waals surface area contributed by atoms with Crippen molar-refractivity contribution in [2.75, 3.05) is 63.8 Å². The molecule has 2 aromatic heterocycles. The minimum absolute atomic E-state index is 0.0623. The van der Waals surface area contributed by atoms with Crippen LogP contribution in [0.2, 0.25) is 0 Å². The van der Waals surface area contributed by atoms with Crippen LogP contribution in [0.5, 0.6) is 0 Å². The fourth-order valence-corrected chi connectivity index (χ4v) is 4.29. The van der Waals surface area contributed by atoms with Gasteiger partial charge in [0.15, 0.2) is 5.69 Å². The largest absolute Gasteiger partial charge is 0.338 e. The highest BCUT2D eigenvalue weighted by Gasteiger charge is 2.28. The summed E-state index contributed by atoms with van der Waals surface area (Å²) < 4.78 is 0. The molecule has 2 aliphatic rings. The molecule has 32 heavy (non-hydrogen) atoms. The van der Waals surface area contributed by atoms with Crippen LogP contribution in [0.4, 0.5) is 5.95 Å². The number of nitrogens with zero attached hydrogens (tertiary/aromatic N) is 7. The predicted molar refractivity (Wildman–Crippen MR) is 119 cm³/mol. The number of para-hydroxylation sites is 1. The molecule has 1 N–H and O–H groups in total. The first-order valence-electron chi connectivity index (χ1n) is 10.9. The Morgan fingerprint density at radius 3 is 2.28 bits per heavy atom. The van der Waals surface area contributed by atoms with Gasteiger partial charge in [0.2, 0.25) is 11.9 Å². The number of H-pyrrole nitrogens is 1. The number of benzene rings is 1. The third-order valence-corrected chi connectivity index (χ3v) is 6.16. The van der Waals surface area contributed by atoms with Crippen molar-refractivity contribution in [3.05, 3.63) is 48.4 Å². The van der Waals surface area contributed by atoms with E-state index in [0.717, 1.165) is 24.0 Å². The zero-order valence-corrected chi connectivity index (χ0v) is 17.9. The van der Waals surface area contributed by atoms with Crippen LogP contribution >= 0.6 is 0 Å². The second kappa shape index (κ2) is 8.91. The fraction of sp³-hybridized carbons (Fsp3) is 0.409. The molecule has 2 aliphatic heterocycles. The van der Waals surface area contributed by atoms with Gasteiger partial charge in [-0.15, -0.1) is 0 Å². The van der Waals surface area contributed by atoms with Crippen LogP contribution in [0.3, 0.4) is 0 Å². The first-order valence-corrected chi connectivity index (χ1v) is 10.9. The summed E-state index contributed by atoms with van der Waals surface area (Å²) in [6, 6.07) is 9.44. The van der Waals surface area contributed by atoms with Gasteiger partial charge < -0.3 is 14.7 Å². The molecule has 10 heteroatoms. The van der Waals surface area contributed by atoms with Crippen LogP contribution in [-0.2, 0) is 4.79 Å². The monoisotopic (exact) mass is 434 g/mol. The van der Waals surface area contributed by atoms with Gasteiger partial charge in [-0.25, -0.2) is 9.97 Å². The van der Waals surface area contributed by atoms with Crippen molar-refractivity contribution in [1.29, 1.82) is 0 Å². The lowest BCUT2D eigenvalue weighted by atomic mass is 10.2. The number of amides is 2. The highest BCUT2D eigenvalue weighted by Crippen LogP contribution is 2.18. The molecule has 2 saturated heterocycles. The van der Waals surface area contributed by atoms with Crippen LogP contribution in [-0.4, -0.2) is 106 Å². The number of piperazine rings is 2. The summed E-state index contributed by atoms with van der Waals surface area (Å²) in [5, 5.41) is 7.99. The molecule has 0 bridgehead atoms. The van der Waals surface area contributed by atoms with E-state index in [1.807, 2.05) is 34.1 Å². The second-order valence-electron chi connectivity index (χ2n) is 8.10. The zero-order valence-electron chi connectivity index (χ0n) is 17.9. The Morgan fingerprint density at radius 2 is 1.53 bits per heavy atom. The number of rotatable bonds is 4. The van der Waals surface area contributed by atoms with E-state index in [1.165, 1.54) is 0 Å². The summed E-state index contributed by atoms with van der Waals surface area (Å²) in [5.74, 6) is 0.787. The van der Waals surface area contributed by atoms with E-state index in [-0.39, 0.29) is 11.8 Å². The third-order valence-electron chi connectivity index (χ3n) is 6.16. The molecule has 1 aromatic carbocycles. The number of carbonyl (C=O) groups is 2. The minimum Gasteiger partial charge on any atom is -0.338 e. The van der Waals surface area contributed by atoms with Crippen LogP contribution in [0.25, 0.3) is 10.9 Å². The number of hydrogen-bond acceptors (Lipinski definition) is 7. The van der Waals surface area contributed by atoms with E-state index in [4.69, 9.17) is 0 Å². The Hall–Kier alpha value is -3.53. The number of nitrogens with one attached hydrogen (secondary N) is 1. The number of carbonyl (C=O) groups excluding carboxylic acids is 2. The van der Waals surface area contributed by atoms with E-state index < -0.39 is 0 Å². The van der Waals surface area contributed by atoms with Crippen LogP contribution in [0.15, 0.2) is 42.7 Å². The topological polar surface area (TPSA) is 102 Å². The van der Waals surface area contributed by atoms with Crippen LogP contribution in [0.1, 0.15) is 10.5 Å². The summed E-state index contributed by atoms with van der Waals surface area (Å²) in [5.41, 5.74) is 1.32. The maximum absolute atomic E-state index is 12.9. The Labute approximate surface area is 185 Å². The van der Waals surface area contributed by atoms with Gasteiger partial charge in [0, 0.05) is 70.1 Å². The van der Waals surface area contributed by atoms with Crippen molar-refractivity contribution >= 4 is 28.7 Å². The van der Waals surface area contributed by atoms with Crippen LogP contribution < -0.4 is 4.90 Å². The minimum atomic E-state index is -0.0623. The molecule has 5 rings (SSSR count). The van der Waals surface area contributed by atoms with Gasteiger partial charge in [0.25, 0.3) is 5.91 Å². The van der Waals surface area contributed by atoms with Crippen LogP contribution in [0, 0.1) is 0 Å². The summed E-state index contributed by atoms with van der Waals surface area (Å²) in [6.45, 7) is 5.72. The lowest BCUT2D eigenvalue weighted by molar-refractivity contribution is -0.133. The van der Waals surface area contributed by atoms with Crippen molar-refractivity contribution in [1.82, 2.24) is 34.9 Å². The zero-order chi connectivity index (χ0) is 21.9. The summed E-state index contributed by atoms with van der Waals surface area (Å²) in [4.78, 5) is 42.3. The molecule has 4 heterocycles. The second-order valence-corrected chi connectivity index (χ2v) is 8.10. The molecule has 0 aliphatic carbocycles. The SMILES string of the molecule is O=C(CN1CCN(C(=O)c2n[nH]c3ccccc23)CC1)N1CCN(c2ncccn2)CC1. The molecule has 10 nitrogen and oxygen atoms in total. The van der Waals surface area contributed by atoms with E-state index >= 15 is 0 Å². The number of fused-ring (bicyclic) bond motifs is 1. The lowest BCUT2D eigenvalue weighted by Crippen LogP contribution is -2.54. The van der Waals surface area contributed by atoms with Crippen molar-refractivity contribution in [3.8, 4) is 0 Å². The van der Waals surface area contributed by atoms with Crippen molar-refractivity contribution < 1.29 is 9.59 Å². The highest BCUT2D eigenvalue weighted by molar-refractivity contribution is 6.04. The van der Waals surface area contributed by atoms with Gasteiger partial charge in [0.1, 0.15) is 0 Å². The number of aromatic amines is 1. The smallest absolute Gasteiger partial charge is 0.275 e. The number of hydrogen-bond donors (Lipinski definition) is 1. The van der Waals surface area contributed by atoms with Gasteiger partial charge in [-0.3, -0.25) is 19.6 Å². The van der Waals surface area contributed by atoms with Crippen molar-refractivity contribution in [2.24, 2.45) is 0 Å². The summed E-state index contributed by atoms with van der Waals surface area (Å²) in [7, 11) is 0. The van der Waals surface area contributed by atoms with Gasteiger partial charge in [-0.05, 0) is 12.1 Å². The van der Waals surface area contributed by atoms with Gasteiger partial charge >= 0.3 is 0 Å². The molecular formula is C22H26N8O2. The molecule has 0 saturated carbocycles. The average molecular weight is 435 g/mol. The molecule has 0 spiro atoms. The maximum Gasteiger partial charge on any atom is 0.275 e. The fourth-order valence-electron chi connectivity index (χ4n) is 4.29. The maximum atomic E-state index is 12.9. The van der Waals surface area contributed by atoms with Crippen molar-refractivity contribution in [3.63, 3.8) is 0 Å². The first kappa shape index (κ1) is 20.4. The molecular weight excluding hydrogens is 408 g/mol. The van der Waals surface area contributed by atoms with Gasteiger partial charge in [-0.2, -0.15) is 5.10 Å². The molecule has 0 atom stereocenters. The normalized spacial score (nSPS) is 17.7. The van der Waals surface area contributed by atoms with Gasteiger partial charge in [-0.1, -0.05) is 18.2 Å². The predicted octanol–water partition coefficient (Wildman–Crippen LogP) is 0.460. The van der Waals surface area contributed by atoms with E-state index in [1.54, 1.807) is 18.5 Å². The Bertz CT molecular complexity index is 1090. The summed E-state index contributed by atoms with van der Waals surface area (Å²) >= 11 is 0. The quantitative estimate of drug-likeness (QED) is 0.637. The molecule has 0 radical (unpaired) electrons. The third kappa shape index (κ3) is 4.13. The molecule has 0 unspecified atom stereocenters. The van der Waals surface area contributed by atoms with E-state index in [9.17, 15) is 9.59 Å². The van der Waals surface area contributed by atoms with E-state index in [0.29, 0.717) is 57.5 Å². The van der Waals surface area contributed by atoms with E-state index in [2.05, 4.69) is 30.0 Å². The van der Waals surface area contributed by atoms with Crippen molar-refractivity contribution in [2.45, 2.75) is 0 Å². The Balaban J connectivity index is 1.10. The number of aromatic nitrogens is 4. The Kier molecular flexibility index (Phi) is 5.68. The lowest BCUT2D eigenvalue weighted by Gasteiger charge is -2.37. The molecule has 2 fully saturated rings. The molecule has 3 aromatic rings. The average Bonchev–Trinajstić information content (AvgIpc) is 3.29. The Morgan fingerprint density at radius 1 is 0.844 bits per heavy atom. The standard InChI is InChI=1S/C22H26N8O2/c31-19(28-12-14-30(15-13-28)22-23-6-3-7-24-22)16-27-8-10-29(11-9-27)21(32)20-17-4-1-2-5-18(17)25-26-20/h1-7H,8-16H2,(H,25,26). The highest BCUT2D eigenvalue weighted by atomic mass is 16.2. The molecule has 2 amide bonds. The number of anilines is 1. The summed E-state index contributed by atoms with van der Waals surface area (Å²) in [6.07, 6.45) is 3.47. The first-order chi connectivity index (χ1) is 15.7.